The van der Waals surface area contributed by atoms with Gasteiger partial charge in [0.1, 0.15) is 0 Å². The lowest BCUT2D eigenvalue weighted by Gasteiger charge is -2.08. The quantitative estimate of drug-likeness (QED) is 0.558. The number of aromatic nitrogens is 4. The first-order chi connectivity index (χ1) is 13.2. The highest BCUT2D eigenvalue weighted by atomic mass is 19.1. The van der Waals surface area contributed by atoms with Gasteiger partial charge in [-0.05, 0) is 42.5 Å². The van der Waals surface area contributed by atoms with E-state index in [0.717, 1.165) is 5.69 Å². The standard InChI is InChI=1S/C20H15FN4O2/c1-27-18-8-5-13(10-15(18)21)16-6-7-17-19(24-16)20(26)25(12-23-17)11-14-4-2-3-9-22-14/h2-10,12H,11H2,1H3. The number of halogens is 1. The second kappa shape index (κ2) is 6.95. The van der Waals surface area contributed by atoms with E-state index in [0.29, 0.717) is 23.3 Å². The predicted molar refractivity (Wildman–Crippen MR) is 99.1 cm³/mol. The van der Waals surface area contributed by atoms with Gasteiger partial charge in [-0.15, -0.1) is 0 Å². The summed E-state index contributed by atoms with van der Waals surface area (Å²) in [5, 5.41) is 0. The first-order valence-electron chi connectivity index (χ1n) is 8.26. The second-order valence-corrected chi connectivity index (χ2v) is 5.91. The molecule has 0 spiro atoms. The number of nitrogens with zero attached hydrogens (tertiary/aromatic N) is 4. The van der Waals surface area contributed by atoms with Gasteiger partial charge in [0.05, 0.1) is 36.9 Å². The van der Waals surface area contributed by atoms with E-state index in [1.54, 1.807) is 24.4 Å². The maximum absolute atomic E-state index is 14.0. The minimum absolute atomic E-state index is 0.152. The van der Waals surface area contributed by atoms with Crippen molar-refractivity contribution in [3.63, 3.8) is 0 Å². The second-order valence-electron chi connectivity index (χ2n) is 5.91. The molecule has 3 heterocycles. The molecule has 7 heteroatoms. The van der Waals surface area contributed by atoms with Gasteiger partial charge in [-0.1, -0.05) is 6.07 Å². The van der Waals surface area contributed by atoms with E-state index in [1.807, 2.05) is 18.2 Å². The first kappa shape index (κ1) is 16.8. The number of benzene rings is 1. The number of pyridine rings is 2. The topological polar surface area (TPSA) is 69.9 Å². The molecule has 0 radical (unpaired) electrons. The molecule has 134 valence electrons. The van der Waals surface area contributed by atoms with Gasteiger partial charge in [-0.3, -0.25) is 14.3 Å². The fourth-order valence-corrected chi connectivity index (χ4v) is 2.80. The largest absolute Gasteiger partial charge is 0.494 e. The zero-order chi connectivity index (χ0) is 18.8. The third kappa shape index (κ3) is 3.27. The average molecular weight is 362 g/mol. The van der Waals surface area contributed by atoms with E-state index in [9.17, 15) is 9.18 Å². The molecule has 0 unspecified atom stereocenters. The number of fused-ring (bicyclic) bond motifs is 1. The van der Waals surface area contributed by atoms with Crippen molar-refractivity contribution < 1.29 is 9.13 Å². The predicted octanol–water partition coefficient (Wildman–Crippen LogP) is 3.05. The Hall–Kier alpha value is -3.61. The SMILES string of the molecule is COc1ccc(-c2ccc3ncn(Cc4ccccn4)c(=O)c3n2)cc1F. The Morgan fingerprint density at radius 1 is 1.11 bits per heavy atom. The van der Waals surface area contributed by atoms with Crippen molar-refractivity contribution in [2.24, 2.45) is 0 Å². The maximum atomic E-state index is 14.0. The molecular formula is C20H15FN4O2. The minimum Gasteiger partial charge on any atom is -0.494 e. The lowest BCUT2D eigenvalue weighted by atomic mass is 10.1. The summed E-state index contributed by atoms with van der Waals surface area (Å²) in [6.45, 7) is 0.297. The minimum atomic E-state index is -0.490. The van der Waals surface area contributed by atoms with Crippen molar-refractivity contribution in [3.05, 3.63) is 82.9 Å². The van der Waals surface area contributed by atoms with Crippen LogP contribution in [0, 0.1) is 5.82 Å². The summed E-state index contributed by atoms with van der Waals surface area (Å²) in [4.78, 5) is 25.8. The van der Waals surface area contributed by atoms with E-state index in [-0.39, 0.29) is 16.8 Å². The first-order valence-corrected chi connectivity index (χ1v) is 8.26. The van der Waals surface area contributed by atoms with Crippen LogP contribution < -0.4 is 10.3 Å². The van der Waals surface area contributed by atoms with Crippen LogP contribution in [0.15, 0.2) is 65.8 Å². The zero-order valence-electron chi connectivity index (χ0n) is 14.5. The molecule has 0 amide bonds. The van der Waals surface area contributed by atoms with Crippen LogP contribution in [0.5, 0.6) is 5.75 Å². The number of hydrogen-bond donors (Lipinski definition) is 0. The molecule has 4 rings (SSSR count). The molecule has 6 nitrogen and oxygen atoms in total. The lowest BCUT2D eigenvalue weighted by molar-refractivity contribution is 0.386. The molecule has 0 N–H and O–H groups in total. The van der Waals surface area contributed by atoms with Crippen LogP contribution >= 0.6 is 0 Å². The van der Waals surface area contributed by atoms with Gasteiger partial charge in [0.25, 0.3) is 5.56 Å². The Kier molecular flexibility index (Phi) is 4.33. The monoisotopic (exact) mass is 362 g/mol. The Balaban J connectivity index is 1.78. The fraction of sp³-hybridized carbons (Fsp3) is 0.100. The Labute approximate surface area is 153 Å². The highest BCUT2D eigenvalue weighted by Crippen LogP contribution is 2.25. The molecular weight excluding hydrogens is 347 g/mol. The van der Waals surface area contributed by atoms with Gasteiger partial charge in [-0.25, -0.2) is 14.4 Å². The zero-order valence-corrected chi connectivity index (χ0v) is 14.5. The molecule has 1 aromatic carbocycles. The van der Waals surface area contributed by atoms with Crippen LogP contribution in [0.2, 0.25) is 0 Å². The van der Waals surface area contributed by atoms with Gasteiger partial charge in [0, 0.05) is 11.8 Å². The van der Waals surface area contributed by atoms with Crippen molar-refractivity contribution in [1.82, 2.24) is 19.5 Å². The van der Waals surface area contributed by atoms with E-state index >= 15 is 0 Å². The lowest BCUT2D eigenvalue weighted by Crippen LogP contribution is -2.22. The maximum Gasteiger partial charge on any atom is 0.280 e. The molecule has 0 fully saturated rings. The highest BCUT2D eigenvalue weighted by Gasteiger charge is 2.11. The smallest absolute Gasteiger partial charge is 0.280 e. The molecule has 0 saturated carbocycles. The molecule has 0 aliphatic carbocycles. The molecule has 27 heavy (non-hydrogen) atoms. The molecule has 3 aromatic heterocycles. The van der Waals surface area contributed by atoms with Gasteiger partial charge < -0.3 is 4.74 Å². The van der Waals surface area contributed by atoms with Crippen molar-refractivity contribution in [2.45, 2.75) is 6.54 Å². The van der Waals surface area contributed by atoms with Crippen molar-refractivity contribution in [3.8, 4) is 17.0 Å². The third-order valence-corrected chi connectivity index (χ3v) is 4.18. The third-order valence-electron chi connectivity index (χ3n) is 4.18. The molecule has 0 aliphatic heterocycles. The summed E-state index contributed by atoms with van der Waals surface area (Å²) < 4.78 is 20.4. The van der Waals surface area contributed by atoms with E-state index in [4.69, 9.17) is 4.74 Å². The molecule has 0 aliphatic rings. The summed E-state index contributed by atoms with van der Waals surface area (Å²) in [6.07, 6.45) is 3.15. The fourth-order valence-electron chi connectivity index (χ4n) is 2.80. The van der Waals surface area contributed by atoms with Crippen LogP contribution in [0.3, 0.4) is 0 Å². The van der Waals surface area contributed by atoms with Crippen molar-refractivity contribution in [2.75, 3.05) is 7.11 Å². The number of methoxy groups -OCH3 is 1. The van der Waals surface area contributed by atoms with Crippen LogP contribution in [-0.4, -0.2) is 26.6 Å². The van der Waals surface area contributed by atoms with Gasteiger partial charge in [-0.2, -0.15) is 0 Å². The summed E-state index contributed by atoms with van der Waals surface area (Å²) in [5.74, 6) is -0.338. The van der Waals surface area contributed by atoms with Gasteiger partial charge >= 0.3 is 0 Å². The normalized spacial score (nSPS) is 10.9. The highest BCUT2D eigenvalue weighted by molar-refractivity contribution is 5.77. The van der Waals surface area contributed by atoms with Gasteiger partial charge in [0.2, 0.25) is 0 Å². The molecule has 4 aromatic rings. The van der Waals surface area contributed by atoms with Crippen molar-refractivity contribution >= 4 is 11.0 Å². The number of ether oxygens (including phenoxy) is 1. The molecule has 0 bridgehead atoms. The van der Waals surface area contributed by atoms with E-state index in [2.05, 4.69) is 15.0 Å². The summed E-state index contributed by atoms with van der Waals surface area (Å²) in [5.41, 5.74) is 2.21. The molecule has 0 saturated heterocycles. The van der Waals surface area contributed by atoms with Crippen LogP contribution in [0.25, 0.3) is 22.3 Å². The van der Waals surface area contributed by atoms with E-state index < -0.39 is 5.82 Å². The Bertz CT molecular complexity index is 1180. The summed E-state index contributed by atoms with van der Waals surface area (Å²) >= 11 is 0. The number of hydrogen-bond acceptors (Lipinski definition) is 5. The Morgan fingerprint density at radius 3 is 2.74 bits per heavy atom. The van der Waals surface area contributed by atoms with Gasteiger partial charge in [0.15, 0.2) is 17.1 Å². The van der Waals surface area contributed by atoms with E-state index in [1.165, 1.54) is 30.1 Å². The summed E-state index contributed by atoms with van der Waals surface area (Å²) in [6, 6.07) is 13.5. The number of rotatable bonds is 4. The van der Waals surface area contributed by atoms with Crippen molar-refractivity contribution in [1.29, 1.82) is 0 Å². The molecule has 0 atom stereocenters. The van der Waals surface area contributed by atoms with Crippen LogP contribution in [-0.2, 0) is 6.54 Å². The van der Waals surface area contributed by atoms with Crippen LogP contribution in [0.4, 0.5) is 4.39 Å². The Morgan fingerprint density at radius 2 is 2.00 bits per heavy atom. The summed E-state index contributed by atoms with van der Waals surface area (Å²) in [7, 11) is 1.40. The average Bonchev–Trinajstić information content (AvgIpc) is 2.71. The van der Waals surface area contributed by atoms with Crippen LogP contribution in [0.1, 0.15) is 5.69 Å².